The van der Waals surface area contributed by atoms with E-state index in [1.807, 2.05) is 12.1 Å². The van der Waals surface area contributed by atoms with Gasteiger partial charge in [0.05, 0.1) is 18.2 Å². The van der Waals surface area contributed by atoms with E-state index in [1.165, 1.54) is 12.1 Å². The number of hydrogen-bond acceptors (Lipinski definition) is 12. The first-order valence-electron chi connectivity index (χ1n) is 11.0. The van der Waals surface area contributed by atoms with Crippen LogP contribution in [0.5, 0.6) is 17.2 Å². The molecule has 192 valence electrons. The summed E-state index contributed by atoms with van der Waals surface area (Å²) in [5, 5.41) is 21.3. The molecule has 0 spiro atoms. The Balaban J connectivity index is 1.39. The maximum Gasteiger partial charge on any atom is 0.269 e. The number of methoxy groups -OCH3 is 1. The number of non-ortho nitro benzene ring substituents is 1. The molecule has 0 saturated carbocycles. The van der Waals surface area contributed by atoms with Crippen molar-refractivity contribution in [1.29, 1.82) is 0 Å². The molecule has 1 aliphatic heterocycles. The van der Waals surface area contributed by atoms with Crippen molar-refractivity contribution in [2.24, 2.45) is 5.10 Å². The van der Waals surface area contributed by atoms with Crippen molar-refractivity contribution in [3.63, 3.8) is 0 Å². The van der Waals surface area contributed by atoms with Crippen LogP contribution in [0, 0.1) is 10.1 Å². The second-order valence-electron chi connectivity index (χ2n) is 7.69. The minimum atomic E-state index is -0.470. The number of anilines is 5. The van der Waals surface area contributed by atoms with E-state index in [4.69, 9.17) is 14.2 Å². The van der Waals surface area contributed by atoms with E-state index in [9.17, 15) is 10.1 Å². The van der Waals surface area contributed by atoms with Gasteiger partial charge in [0.15, 0.2) is 11.5 Å². The second kappa shape index (κ2) is 11.0. The summed E-state index contributed by atoms with van der Waals surface area (Å²) in [6.07, 6.45) is 1.58. The predicted octanol–water partition coefficient (Wildman–Crippen LogP) is 5.21. The summed E-state index contributed by atoms with van der Waals surface area (Å²) in [5.74, 6) is 2.54. The summed E-state index contributed by atoms with van der Waals surface area (Å²) in [7, 11) is 1.59. The number of fused-ring (bicyclic) bond motifs is 1. The molecule has 3 N–H and O–H groups in total. The zero-order valence-corrected chi connectivity index (χ0v) is 21.3. The highest BCUT2D eigenvalue weighted by Gasteiger charge is 2.15. The molecule has 0 saturated heterocycles. The molecule has 13 nitrogen and oxygen atoms in total. The number of nitro groups is 1. The van der Waals surface area contributed by atoms with Gasteiger partial charge in [-0.15, -0.1) is 0 Å². The Morgan fingerprint density at radius 3 is 2.13 bits per heavy atom. The van der Waals surface area contributed by atoms with Crippen LogP contribution in [0.15, 0.2) is 70.2 Å². The lowest BCUT2D eigenvalue weighted by Gasteiger charge is -2.10. The first kappa shape index (κ1) is 24.7. The molecule has 0 radical (unpaired) electrons. The number of nitrogens with zero attached hydrogens (tertiary/aromatic N) is 5. The molecule has 0 amide bonds. The van der Waals surface area contributed by atoms with Gasteiger partial charge < -0.3 is 24.8 Å². The first-order valence-corrected chi connectivity index (χ1v) is 11.8. The van der Waals surface area contributed by atoms with Crippen LogP contribution in [0.2, 0.25) is 0 Å². The van der Waals surface area contributed by atoms with Crippen molar-refractivity contribution >= 4 is 57.1 Å². The van der Waals surface area contributed by atoms with Gasteiger partial charge in [-0.1, -0.05) is 0 Å². The van der Waals surface area contributed by atoms with Crippen molar-refractivity contribution < 1.29 is 19.1 Å². The molecule has 1 aromatic heterocycles. The molecular weight excluding hydrogens is 560 g/mol. The summed E-state index contributed by atoms with van der Waals surface area (Å²) in [6.45, 7) is 0.167. The van der Waals surface area contributed by atoms with E-state index >= 15 is 0 Å². The Hall–Kier alpha value is -4.98. The van der Waals surface area contributed by atoms with Gasteiger partial charge in [0, 0.05) is 33.5 Å². The highest BCUT2D eigenvalue weighted by Crippen LogP contribution is 2.36. The Labute approximate surface area is 224 Å². The number of ether oxygens (including phenoxy) is 3. The predicted molar refractivity (Wildman–Crippen MR) is 144 cm³/mol. The summed E-state index contributed by atoms with van der Waals surface area (Å²) >= 11 is 3.49. The SMILES string of the molecule is COc1ccc(Nc2nc(NN=Cc3cc4c(cc3Br)OCO4)nc(Nc3ccc([N+](=O)[O-])cc3)n2)cc1. The normalized spacial score (nSPS) is 11.8. The zero-order valence-electron chi connectivity index (χ0n) is 19.7. The highest BCUT2D eigenvalue weighted by atomic mass is 79.9. The van der Waals surface area contributed by atoms with Crippen LogP contribution in [0.25, 0.3) is 0 Å². The van der Waals surface area contributed by atoms with Gasteiger partial charge in [-0.05, 0) is 64.5 Å². The molecule has 3 aromatic carbocycles. The molecule has 14 heteroatoms. The number of rotatable bonds is 9. The molecule has 0 unspecified atom stereocenters. The second-order valence-corrected chi connectivity index (χ2v) is 8.54. The van der Waals surface area contributed by atoms with Crippen molar-refractivity contribution in [2.75, 3.05) is 30.0 Å². The van der Waals surface area contributed by atoms with E-state index in [1.54, 1.807) is 49.7 Å². The number of nitrogens with one attached hydrogen (secondary N) is 3. The summed E-state index contributed by atoms with van der Waals surface area (Å²) < 4.78 is 16.8. The Kier molecular flexibility index (Phi) is 7.13. The van der Waals surface area contributed by atoms with Crippen LogP contribution in [0.1, 0.15) is 5.56 Å². The minimum absolute atomic E-state index is 0.0283. The monoisotopic (exact) mass is 578 g/mol. The van der Waals surface area contributed by atoms with Crippen molar-refractivity contribution in [2.45, 2.75) is 0 Å². The van der Waals surface area contributed by atoms with Gasteiger partial charge in [0.25, 0.3) is 5.69 Å². The molecule has 38 heavy (non-hydrogen) atoms. The van der Waals surface area contributed by atoms with E-state index in [-0.39, 0.29) is 30.3 Å². The number of nitro benzene ring substituents is 1. The van der Waals surface area contributed by atoms with Gasteiger partial charge in [0.2, 0.25) is 24.6 Å². The molecule has 5 rings (SSSR count). The fraction of sp³-hybridized carbons (Fsp3) is 0.0833. The number of hydrazone groups is 1. The van der Waals surface area contributed by atoms with Crippen LogP contribution in [0.4, 0.5) is 34.9 Å². The molecule has 1 aliphatic rings. The minimum Gasteiger partial charge on any atom is -0.497 e. The Morgan fingerprint density at radius 1 is 0.947 bits per heavy atom. The summed E-state index contributed by atoms with van der Waals surface area (Å²) in [6, 6.07) is 16.7. The van der Waals surface area contributed by atoms with Crippen LogP contribution < -0.4 is 30.3 Å². The maximum atomic E-state index is 11.0. The molecule has 0 bridgehead atoms. The number of hydrogen-bond donors (Lipinski definition) is 3. The van der Waals surface area contributed by atoms with Gasteiger partial charge in [0.1, 0.15) is 5.75 Å². The number of benzene rings is 3. The van der Waals surface area contributed by atoms with Crippen molar-refractivity contribution in [3.8, 4) is 17.2 Å². The molecule has 0 aliphatic carbocycles. The standard InChI is InChI=1S/C24H19BrN8O5/c1-36-18-8-4-16(5-9-18)28-23-29-22(27-15-2-6-17(7-3-15)33(34)35)30-24(31-23)32-26-12-14-10-20-21(11-19(14)25)38-13-37-20/h2-12H,13H2,1H3,(H3,27,28,29,30,31,32). The van der Waals surface area contributed by atoms with E-state index in [0.29, 0.717) is 22.9 Å². The quantitative estimate of drug-likeness (QED) is 0.136. The topological polar surface area (TPSA) is 158 Å². The largest absolute Gasteiger partial charge is 0.497 e. The Bertz CT molecular complexity index is 1500. The Morgan fingerprint density at radius 2 is 1.53 bits per heavy atom. The molecule has 2 heterocycles. The molecular formula is C24H19BrN8O5. The van der Waals surface area contributed by atoms with Crippen molar-refractivity contribution in [1.82, 2.24) is 15.0 Å². The van der Waals surface area contributed by atoms with Crippen LogP contribution >= 0.6 is 15.9 Å². The third-order valence-electron chi connectivity index (χ3n) is 5.18. The summed E-state index contributed by atoms with van der Waals surface area (Å²) in [4.78, 5) is 23.6. The third kappa shape index (κ3) is 5.87. The lowest BCUT2D eigenvalue weighted by Crippen LogP contribution is -2.07. The number of halogens is 1. The lowest BCUT2D eigenvalue weighted by molar-refractivity contribution is -0.384. The fourth-order valence-corrected chi connectivity index (χ4v) is 3.75. The zero-order chi connectivity index (χ0) is 26.5. The van der Waals surface area contributed by atoms with Gasteiger partial charge >= 0.3 is 0 Å². The van der Waals surface area contributed by atoms with E-state index in [0.717, 1.165) is 15.7 Å². The number of aromatic nitrogens is 3. The van der Waals surface area contributed by atoms with Gasteiger partial charge in [-0.2, -0.15) is 20.1 Å². The van der Waals surface area contributed by atoms with Gasteiger partial charge in [-0.3, -0.25) is 10.1 Å². The lowest BCUT2D eigenvalue weighted by atomic mass is 10.2. The average molecular weight is 579 g/mol. The van der Waals surface area contributed by atoms with E-state index in [2.05, 4.69) is 52.0 Å². The van der Waals surface area contributed by atoms with Crippen LogP contribution in [-0.2, 0) is 0 Å². The van der Waals surface area contributed by atoms with Crippen molar-refractivity contribution in [3.05, 3.63) is 80.8 Å². The van der Waals surface area contributed by atoms with Crippen LogP contribution in [-0.4, -0.2) is 40.0 Å². The highest BCUT2D eigenvalue weighted by molar-refractivity contribution is 9.10. The maximum absolute atomic E-state index is 11.0. The van der Waals surface area contributed by atoms with E-state index < -0.39 is 4.92 Å². The van der Waals surface area contributed by atoms with Gasteiger partial charge in [-0.25, -0.2) is 5.43 Å². The fourth-order valence-electron chi connectivity index (χ4n) is 3.33. The smallest absolute Gasteiger partial charge is 0.269 e. The molecule has 4 aromatic rings. The molecule has 0 atom stereocenters. The average Bonchev–Trinajstić information content (AvgIpc) is 3.36. The molecule has 0 fully saturated rings. The third-order valence-corrected chi connectivity index (χ3v) is 5.86. The van der Waals surface area contributed by atoms with Crippen LogP contribution in [0.3, 0.4) is 0 Å². The first-order chi connectivity index (χ1) is 18.5. The summed E-state index contributed by atoms with van der Waals surface area (Å²) in [5.41, 5.74) is 4.80.